The third kappa shape index (κ3) is 1.19. The van der Waals surface area contributed by atoms with Gasteiger partial charge in [0, 0.05) is 18.3 Å². The van der Waals surface area contributed by atoms with Gasteiger partial charge in [0.15, 0.2) is 0 Å². The maximum Gasteiger partial charge on any atom is 0.137 e. The number of hydrogen-bond acceptors (Lipinski definition) is 1. The fraction of sp³-hybridized carbons (Fsp3) is 0.462. The van der Waals surface area contributed by atoms with Crippen LogP contribution in [0.3, 0.4) is 0 Å². The summed E-state index contributed by atoms with van der Waals surface area (Å²) in [6.45, 7) is 0. The molecule has 2 unspecified atom stereocenters. The van der Waals surface area contributed by atoms with Crippen LogP contribution < -0.4 is 0 Å². The zero-order chi connectivity index (χ0) is 9.54. The van der Waals surface area contributed by atoms with Crippen LogP contribution in [0.5, 0.6) is 0 Å². The Morgan fingerprint density at radius 3 is 2.36 bits per heavy atom. The lowest BCUT2D eigenvalue weighted by molar-refractivity contribution is -0.131. The van der Waals surface area contributed by atoms with Gasteiger partial charge in [0.2, 0.25) is 0 Å². The summed E-state index contributed by atoms with van der Waals surface area (Å²) in [7, 11) is 0. The fourth-order valence-electron chi connectivity index (χ4n) is 2.62. The molecule has 0 aromatic heterocycles. The molecule has 0 amide bonds. The van der Waals surface area contributed by atoms with E-state index in [0.29, 0.717) is 17.6 Å². The second-order valence-electron chi connectivity index (χ2n) is 4.55. The monoisotopic (exact) mass is 186 g/mol. The van der Waals surface area contributed by atoms with Gasteiger partial charge in [-0.15, -0.1) is 0 Å². The minimum atomic E-state index is 0.373. The van der Waals surface area contributed by atoms with Gasteiger partial charge in [-0.2, -0.15) is 0 Å². The zero-order valence-electron chi connectivity index (χ0n) is 8.15. The molecule has 0 saturated heterocycles. The van der Waals surface area contributed by atoms with Crippen molar-refractivity contribution in [2.45, 2.75) is 25.2 Å². The molecule has 1 aromatic carbocycles. The smallest absolute Gasteiger partial charge is 0.137 e. The molecule has 0 heterocycles. The second-order valence-corrected chi connectivity index (χ2v) is 4.55. The molecule has 2 atom stereocenters. The molecule has 2 aliphatic rings. The van der Waals surface area contributed by atoms with E-state index >= 15 is 0 Å². The van der Waals surface area contributed by atoms with E-state index in [0.717, 1.165) is 12.3 Å². The molecule has 1 nitrogen and oxygen atoms in total. The summed E-state index contributed by atoms with van der Waals surface area (Å²) in [4.78, 5) is 11.5. The lowest BCUT2D eigenvalue weighted by Gasteiger charge is -2.35. The normalized spacial score (nSPS) is 31.3. The highest BCUT2D eigenvalue weighted by Crippen LogP contribution is 2.52. The average Bonchev–Trinajstić information content (AvgIpc) is 2.99. The fourth-order valence-corrected chi connectivity index (χ4v) is 2.62. The van der Waals surface area contributed by atoms with Crippen LogP contribution in [-0.2, 0) is 4.79 Å². The SMILES string of the molecule is O=C1CC(c2ccccc2)C1C1CC1. The summed E-state index contributed by atoms with van der Waals surface area (Å²) in [6.07, 6.45) is 3.34. The summed E-state index contributed by atoms with van der Waals surface area (Å²) < 4.78 is 0. The summed E-state index contributed by atoms with van der Waals surface area (Å²) >= 11 is 0. The summed E-state index contributed by atoms with van der Waals surface area (Å²) in [5.41, 5.74) is 1.36. The topological polar surface area (TPSA) is 17.1 Å². The molecule has 0 bridgehead atoms. The minimum absolute atomic E-state index is 0.373. The van der Waals surface area contributed by atoms with Gasteiger partial charge in [0.25, 0.3) is 0 Å². The minimum Gasteiger partial charge on any atom is -0.299 e. The lowest BCUT2D eigenvalue weighted by Crippen LogP contribution is -2.36. The lowest BCUT2D eigenvalue weighted by atomic mass is 9.66. The van der Waals surface area contributed by atoms with Crippen molar-refractivity contribution < 1.29 is 4.79 Å². The number of rotatable bonds is 2. The van der Waals surface area contributed by atoms with E-state index in [4.69, 9.17) is 0 Å². The van der Waals surface area contributed by atoms with Gasteiger partial charge in [-0.3, -0.25) is 4.79 Å². The van der Waals surface area contributed by atoms with Crippen LogP contribution in [0.15, 0.2) is 30.3 Å². The van der Waals surface area contributed by atoms with Crippen molar-refractivity contribution in [2.24, 2.45) is 11.8 Å². The zero-order valence-corrected chi connectivity index (χ0v) is 8.15. The first-order chi connectivity index (χ1) is 6.86. The molecule has 0 spiro atoms. The molecule has 3 rings (SSSR count). The molecule has 2 fully saturated rings. The maximum atomic E-state index is 11.5. The van der Waals surface area contributed by atoms with Gasteiger partial charge < -0.3 is 0 Å². The molecule has 2 saturated carbocycles. The molecule has 0 N–H and O–H groups in total. The molecule has 72 valence electrons. The van der Waals surface area contributed by atoms with E-state index in [2.05, 4.69) is 24.3 Å². The molecule has 1 aromatic rings. The van der Waals surface area contributed by atoms with Crippen LogP contribution in [0.2, 0.25) is 0 Å². The van der Waals surface area contributed by atoms with E-state index < -0.39 is 0 Å². The molecular weight excluding hydrogens is 172 g/mol. The Kier molecular flexibility index (Phi) is 1.73. The predicted octanol–water partition coefficient (Wildman–Crippen LogP) is 2.77. The van der Waals surface area contributed by atoms with Crippen molar-refractivity contribution in [2.75, 3.05) is 0 Å². The summed E-state index contributed by atoms with van der Waals surface area (Å²) in [6, 6.07) is 10.5. The van der Waals surface area contributed by atoms with Gasteiger partial charge in [-0.25, -0.2) is 0 Å². The van der Waals surface area contributed by atoms with Gasteiger partial charge in [-0.1, -0.05) is 30.3 Å². The third-order valence-corrected chi connectivity index (χ3v) is 3.58. The molecule has 2 aliphatic carbocycles. The third-order valence-electron chi connectivity index (χ3n) is 3.58. The van der Waals surface area contributed by atoms with Crippen LogP contribution in [0.4, 0.5) is 0 Å². The van der Waals surface area contributed by atoms with E-state index in [1.165, 1.54) is 18.4 Å². The highest BCUT2D eigenvalue weighted by atomic mass is 16.1. The first kappa shape index (κ1) is 8.22. The molecule has 14 heavy (non-hydrogen) atoms. The first-order valence-electron chi connectivity index (χ1n) is 5.44. The number of ketones is 1. The maximum absolute atomic E-state index is 11.5. The summed E-state index contributed by atoms with van der Waals surface area (Å²) in [5.74, 6) is 2.14. The number of benzene rings is 1. The number of hydrogen-bond donors (Lipinski definition) is 0. The average molecular weight is 186 g/mol. The van der Waals surface area contributed by atoms with Gasteiger partial charge in [-0.05, 0) is 24.3 Å². The van der Waals surface area contributed by atoms with Crippen molar-refractivity contribution >= 4 is 5.78 Å². The largest absolute Gasteiger partial charge is 0.299 e. The Bertz CT molecular complexity index is 351. The Morgan fingerprint density at radius 2 is 1.79 bits per heavy atom. The van der Waals surface area contributed by atoms with Crippen LogP contribution in [-0.4, -0.2) is 5.78 Å². The Hall–Kier alpha value is -1.11. The number of carbonyl (C=O) groups excluding carboxylic acids is 1. The number of Topliss-reactive ketones (excluding diaryl/α,β-unsaturated/α-hetero) is 1. The predicted molar refractivity (Wildman–Crippen MR) is 55.0 cm³/mol. The quantitative estimate of drug-likeness (QED) is 0.694. The second kappa shape index (κ2) is 2.94. The highest BCUT2D eigenvalue weighted by molar-refractivity contribution is 5.90. The first-order valence-corrected chi connectivity index (χ1v) is 5.44. The van der Waals surface area contributed by atoms with Crippen molar-refractivity contribution in [3.8, 4) is 0 Å². The van der Waals surface area contributed by atoms with Crippen molar-refractivity contribution in [1.29, 1.82) is 0 Å². The summed E-state index contributed by atoms with van der Waals surface area (Å²) in [5, 5.41) is 0. The van der Waals surface area contributed by atoms with E-state index in [1.807, 2.05) is 6.07 Å². The molecule has 0 radical (unpaired) electrons. The van der Waals surface area contributed by atoms with Crippen molar-refractivity contribution in [3.05, 3.63) is 35.9 Å². The van der Waals surface area contributed by atoms with E-state index in [-0.39, 0.29) is 0 Å². The van der Waals surface area contributed by atoms with Gasteiger partial charge in [0.05, 0.1) is 0 Å². The van der Waals surface area contributed by atoms with Crippen LogP contribution in [0.1, 0.15) is 30.7 Å². The molecule has 1 heteroatoms. The van der Waals surface area contributed by atoms with Crippen LogP contribution in [0.25, 0.3) is 0 Å². The number of carbonyl (C=O) groups is 1. The van der Waals surface area contributed by atoms with E-state index in [9.17, 15) is 4.79 Å². The van der Waals surface area contributed by atoms with Crippen LogP contribution >= 0.6 is 0 Å². The van der Waals surface area contributed by atoms with Gasteiger partial charge >= 0.3 is 0 Å². The van der Waals surface area contributed by atoms with Crippen molar-refractivity contribution in [1.82, 2.24) is 0 Å². The molecule has 0 aliphatic heterocycles. The standard InChI is InChI=1S/C13H14O/c14-12-8-11(13(12)10-6-7-10)9-4-2-1-3-5-9/h1-5,10-11,13H,6-8H2. The Morgan fingerprint density at radius 1 is 1.07 bits per heavy atom. The van der Waals surface area contributed by atoms with E-state index in [1.54, 1.807) is 0 Å². The Labute approximate surface area is 84.1 Å². The highest BCUT2D eigenvalue weighted by Gasteiger charge is 2.48. The van der Waals surface area contributed by atoms with Crippen molar-refractivity contribution in [3.63, 3.8) is 0 Å². The van der Waals surface area contributed by atoms with Crippen LogP contribution in [0, 0.1) is 11.8 Å². The van der Waals surface area contributed by atoms with Gasteiger partial charge in [0.1, 0.15) is 5.78 Å². The Balaban J connectivity index is 1.83. The molecular formula is C13H14O.